The fourth-order valence-electron chi connectivity index (χ4n) is 1.42. The van der Waals surface area contributed by atoms with Crippen molar-refractivity contribution in [2.45, 2.75) is 26.3 Å². The number of para-hydroxylation sites is 2. The van der Waals surface area contributed by atoms with Crippen LogP contribution in [0.4, 0.5) is 0 Å². The lowest BCUT2D eigenvalue weighted by Crippen LogP contribution is -2.52. The molecule has 0 heterocycles. The molecule has 6 nitrogen and oxygen atoms in total. The minimum absolute atomic E-state index is 0.147. The highest BCUT2D eigenvalue weighted by Gasteiger charge is 2.11. The average molecular weight is 311 g/mol. The lowest BCUT2D eigenvalue weighted by atomic mass is 10.1. The number of nitrogens with one attached hydrogen (secondary N) is 3. The van der Waals surface area contributed by atoms with Gasteiger partial charge in [-0.1, -0.05) is 12.1 Å². The topological polar surface area (TPSA) is 71.6 Å². The quantitative estimate of drug-likeness (QED) is 0.576. The molecule has 0 spiro atoms. The molecule has 0 bridgehead atoms. The Kier molecular flexibility index (Phi) is 6.23. The Hall–Kier alpha value is -2.02. The zero-order chi connectivity index (χ0) is 15.9. The molecule has 0 saturated carbocycles. The SMILES string of the molecule is COc1ccccc1OCC(=O)NNC(=S)NC(C)(C)C. The molecule has 21 heavy (non-hydrogen) atoms. The van der Waals surface area contributed by atoms with Crippen LogP contribution >= 0.6 is 12.2 Å². The third kappa shape index (κ3) is 6.80. The van der Waals surface area contributed by atoms with E-state index in [1.807, 2.05) is 26.8 Å². The van der Waals surface area contributed by atoms with Gasteiger partial charge in [0.15, 0.2) is 23.2 Å². The maximum absolute atomic E-state index is 11.7. The highest BCUT2D eigenvalue weighted by molar-refractivity contribution is 7.80. The molecule has 0 aliphatic carbocycles. The number of benzene rings is 1. The monoisotopic (exact) mass is 311 g/mol. The molecule has 1 aromatic rings. The van der Waals surface area contributed by atoms with Crippen LogP contribution in [-0.2, 0) is 4.79 Å². The number of hydrogen-bond donors (Lipinski definition) is 3. The van der Waals surface area contributed by atoms with Crippen molar-refractivity contribution in [3.05, 3.63) is 24.3 Å². The highest BCUT2D eigenvalue weighted by Crippen LogP contribution is 2.25. The number of methoxy groups -OCH3 is 1. The molecule has 0 unspecified atom stereocenters. The summed E-state index contributed by atoms with van der Waals surface area (Å²) in [6.07, 6.45) is 0. The molecular formula is C14H21N3O3S. The van der Waals surface area contributed by atoms with Crippen LogP contribution in [0.25, 0.3) is 0 Å². The zero-order valence-electron chi connectivity index (χ0n) is 12.6. The van der Waals surface area contributed by atoms with Crippen molar-refractivity contribution < 1.29 is 14.3 Å². The van der Waals surface area contributed by atoms with E-state index in [0.717, 1.165) is 0 Å². The van der Waals surface area contributed by atoms with Gasteiger partial charge in [0.05, 0.1) is 7.11 Å². The van der Waals surface area contributed by atoms with Gasteiger partial charge in [-0.25, -0.2) is 0 Å². The van der Waals surface area contributed by atoms with Crippen molar-refractivity contribution in [1.82, 2.24) is 16.2 Å². The van der Waals surface area contributed by atoms with E-state index in [0.29, 0.717) is 16.6 Å². The Morgan fingerprint density at radius 2 is 1.81 bits per heavy atom. The second kappa shape index (κ2) is 7.68. The van der Waals surface area contributed by atoms with Gasteiger partial charge in [0.1, 0.15) is 0 Å². The molecule has 3 N–H and O–H groups in total. The van der Waals surface area contributed by atoms with Crippen molar-refractivity contribution in [2.24, 2.45) is 0 Å². The maximum Gasteiger partial charge on any atom is 0.276 e. The van der Waals surface area contributed by atoms with Gasteiger partial charge in [-0.3, -0.25) is 15.6 Å². The molecule has 1 rings (SSSR count). The summed E-state index contributed by atoms with van der Waals surface area (Å²) in [5.74, 6) is 0.729. The van der Waals surface area contributed by atoms with Gasteiger partial charge in [-0.2, -0.15) is 0 Å². The summed E-state index contributed by atoms with van der Waals surface area (Å²) in [5, 5.41) is 3.35. The Bertz CT molecular complexity index is 500. The Labute approximate surface area is 130 Å². The molecule has 1 amide bonds. The number of thiocarbonyl (C=S) groups is 1. The van der Waals surface area contributed by atoms with Crippen molar-refractivity contribution in [3.8, 4) is 11.5 Å². The van der Waals surface area contributed by atoms with E-state index in [4.69, 9.17) is 21.7 Å². The first-order valence-corrected chi connectivity index (χ1v) is 6.85. The van der Waals surface area contributed by atoms with Crippen LogP contribution in [0.2, 0.25) is 0 Å². The predicted octanol–water partition coefficient (Wildman–Crippen LogP) is 1.37. The van der Waals surface area contributed by atoms with E-state index in [1.54, 1.807) is 25.3 Å². The largest absolute Gasteiger partial charge is 0.493 e. The van der Waals surface area contributed by atoms with Gasteiger partial charge in [0.2, 0.25) is 0 Å². The summed E-state index contributed by atoms with van der Waals surface area (Å²) in [5.41, 5.74) is 4.89. The van der Waals surface area contributed by atoms with Crippen LogP contribution < -0.4 is 25.6 Å². The molecule has 0 saturated heterocycles. The van der Waals surface area contributed by atoms with Crippen LogP contribution in [0.15, 0.2) is 24.3 Å². The van der Waals surface area contributed by atoms with Crippen LogP contribution in [0, 0.1) is 0 Å². The number of rotatable bonds is 4. The van der Waals surface area contributed by atoms with Crippen molar-refractivity contribution in [2.75, 3.05) is 13.7 Å². The van der Waals surface area contributed by atoms with Gasteiger partial charge in [-0.15, -0.1) is 0 Å². The van der Waals surface area contributed by atoms with E-state index in [2.05, 4.69) is 16.2 Å². The van der Waals surface area contributed by atoms with E-state index >= 15 is 0 Å². The van der Waals surface area contributed by atoms with Crippen molar-refractivity contribution >= 4 is 23.2 Å². The second-order valence-corrected chi connectivity index (χ2v) is 5.73. The van der Waals surface area contributed by atoms with Crippen molar-refractivity contribution in [3.63, 3.8) is 0 Å². The van der Waals surface area contributed by atoms with Crippen LogP contribution in [0.3, 0.4) is 0 Å². The molecule has 0 aromatic heterocycles. The molecule has 0 fully saturated rings. The third-order valence-electron chi connectivity index (χ3n) is 2.23. The molecule has 7 heteroatoms. The van der Waals surface area contributed by atoms with E-state index < -0.39 is 0 Å². The molecule has 0 atom stereocenters. The van der Waals surface area contributed by atoms with Gasteiger partial charge in [0, 0.05) is 5.54 Å². The molecule has 1 aromatic carbocycles. The van der Waals surface area contributed by atoms with Gasteiger partial charge in [0.25, 0.3) is 5.91 Å². The second-order valence-electron chi connectivity index (χ2n) is 5.32. The molecule has 0 aliphatic heterocycles. The number of carbonyl (C=O) groups excluding carboxylic acids is 1. The summed E-state index contributed by atoms with van der Waals surface area (Å²) in [6, 6.07) is 7.11. The zero-order valence-corrected chi connectivity index (χ0v) is 13.5. The van der Waals surface area contributed by atoms with Crippen LogP contribution in [0.5, 0.6) is 11.5 Å². The third-order valence-corrected chi connectivity index (χ3v) is 2.44. The van der Waals surface area contributed by atoms with Crippen LogP contribution in [0.1, 0.15) is 20.8 Å². The first-order chi connectivity index (χ1) is 9.81. The highest BCUT2D eigenvalue weighted by atomic mass is 32.1. The number of hydrogen-bond acceptors (Lipinski definition) is 4. The smallest absolute Gasteiger partial charge is 0.276 e. The summed E-state index contributed by atoms with van der Waals surface area (Å²) in [4.78, 5) is 11.7. The fourth-order valence-corrected chi connectivity index (χ4v) is 1.77. The van der Waals surface area contributed by atoms with E-state index in [1.165, 1.54) is 0 Å². The van der Waals surface area contributed by atoms with Crippen molar-refractivity contribution in [1.29, 1.82) is 0 Å². The fraction of sp³-hybridized carbons (Fsp3) is 0.429. The minimum atomic E-state index is -0.348. The van der Waals surface area contributed by atoms with E-state index in [9.17, 15) is 4.79 Å². The first-order valence-electron chi connectivity index (χ1n) is 6.44. The summed E-state index contributed by atoms with van der Waals surface area (Å²) >= 11 is 5.04. The minimum Gasteiger partial charge on any atom is -0.493 e. The summed E-state index contributed by atoms with van der Waals surface area (Å²) in [6.45, 7) is 5.75. The van der Waals surface area contributed by atoms with E-state index in [-0.39, 0.29) is 18.1 Å². The van der Waals surface area contributed by atoms with Gasteiger partial charge in [-0.05, 0) is 45.1 Å². The average Bonchev–Trinajstić information content (AvgIpc) is 2.41. The molecule has 0 aliphatic rings. The Morgan fingerprint density at radius 3 is 2.38 bits per heavy atom. The summed E-state index contributed by atoms with van der Waals surface area (Å²) in [7, 11) is 1.54. The Morgan fingerprint density at radius 1 is 1.19 bits per heavy atom. The normalized spacial score (nSPS) is 10.5. The number of hydrazine groups is 1. The van der Waals surface area contributed by atoms with Gasteiger partial charge >= 0.3 is 0 Å². The Balaban J connectivity index is 2.36. The maximum atomic E-state index is 11.7. The first kappa shape index (κ1) is 17.0. The van der Waals surface area contributed by atoms with Gasteiger partial charge < -0.3 is 14.8 Å². The summed E-state index contributed by atoms with van der Waals surface area (Å²) < 4.78 is 10.5. The lowest BCUT2D eigenvalue weighted by Gasteiger charge is -2.23. The number of ether oxygens (including phenoxy) is 2. The molecule has 116 valence electrons. The number of carbonyl (C=O) groups is 1. The predicted molar refractivity (Wildman–Crippen MR) is 85.3 cm³/mol. The standard InChI is InChI=1S/C14H21N3O3S/c1-14(2,3)15-13(21)17-16-12(18)9-20-11-8-6-5-7-10(11)19-4/h5-8H,9H2,1-4H3,(H,16,18)(H2,15,17,21). The number of amides is 1. The molecule has 0 radical (unpaired) electrons. The lowest BCUT2D eigenvalue weighted by molar-refractivity contribution is -0.123. The van der Waals surface area contributed by atoms with Crippen LogP contribution in [-0.4, -0.2) is 30.3 Å². The molecular weight excluding hydrogens is 290 g/mol.